The van der Waals surface area contributed by atoms with Crippen LogP contribution in [0.2, 0.25) is 0 Å². The molecular weight excluding hydrogens is 200 g/mol. The molecule has 0 aromatic heterocycles. The maximum Gasteiger partial charge on any atom is 0.488 e. The van der Waals surface area contributed by atoms with Crippen LogP contribution in [0, 0.1) is 0 Å². The number of hydrogen-bond acceptors (Lipinski definition) is 2. The summed E-state index contributed by atoms with van der Waals surface area (Å²) in [5.74, 6) is -0.0142. The molecule has 0 bridgehead atoms. The predicted octanol–water partition coefficient (Wildman–Crippen LogP) is 2.87. The summed E-state index contributed by atoms with van der Waals surface area (Å²) in [6.07, 6.45) is 0. The van der Waals surface area contributed by atoms with Gasteiger partial charge in [0.15, 0.2) is 0 Å². The van der Waals surface area contributed by atoms with Gasteiger partial charge in [-0.1, -0.05) is 6.07 Å². The number of rotatable bonds is 3. The molecule has 0 aliphatic carbocycles. The molecule has 1 rings (SSSR count). The molecule has 13 heavy (non-hydrogen) atoms. The number of aromatic hydroxyl groups is 1. The van der Waals surface area contributed by atoms with Crippen molar-refractivity contribution in [3.8, 4) is 5.75 Å². The first kappa shape index (κ1) is 10.3. The zero-order valence-electron chi connectivity index (χ0n) is 6.58. The Kier molecular flexibility index (Phi) is 3.14. The Morgan fingerprint density at radius 2 is 2.00 bits per heavy atom. The maximum atomic E-state index is 11.8. The highest BCUT2D eigenvalue weighted by Crippen LogP contribution is 2.26. The van der Waals surface area contributed by atoms with Crippen molar-refractivity contribution in [2.45, 2.75) is 4.90 Å². The van der Waals surface area contributed by atoms with E-state index in [1.807, 2.05) is 0 Å². The second kappa shape index (κ2) is 3.96. The molecule has 0 radical (unpaired) electrons. The fraction of sp³-hybridized carbons (Fsp3) is 0.143. The highest BCUT2D eigenvalue weighted by molar-refractivity contribution is 8.00. The maximum absolute atomic E-state index is 11.8. The minimum atomic E-state index is -4.76. The molecule has 6 heteroatoms. The quantitative estimate of drug-likeness (QED) is 0.607. The number of thioether (sulfide) groups is 1. The molecule has 0 saturated heterocycles. The molecule has 0 fully saturated rings. The van der Waals surface area contributed by atoms with Crippen molar-refractivity contribution in [2.24, 2.45) is 0 Å². The summed E-state index contributed by atoms with van der Waals surface area (Å²) in [6, 6.07) is 5.78. The third kappa shape index (κ3) is 4.12. The van der Waals surface area contributed by atoms with Crippen molar-refractivity contribution in [3.63, 3.8) is 0 Å². The van der Waals surface area contributed by atoms with Crippen LogP contribution >= 0.6 is 11.8 Å². The Morgan fingerprint density at radius 3 is 2.54 bits per heavy atom. The average molecular weight is 207 g/mol. The van der Waals surface area contributed by atoms with Crippen LogP contribution in [0.5, 0.6) is 5.75 Å². The van der Waals surface area contributed by atoms with E-state index in [0.29, 0.717) is 16.7 Å². The molecule has 0 heterocycles. The molecule has 0 spiro atoms. The van der Waals surface area contributed by atoms with Gasteiger partial charge < -0.3 is 18.1 Å². The minimum absolute atomic E-state index is 0.0142. The number of benzene rings is 1. The summed E-state index contributed by atoms with van der Waals surface area (Å²) in [4.78, 5) is 0.430. The van der Waals surface area contributed by atoms with Gasteiger partial charge in [0.1, 0.15) is 5.75 Å². The fourth-order valence-electron chi connectivity index (χ4n) is 0.764. The van der Waals surface area contributed by atoms with Gasteiger partial charge in [-0.25, -0.2) is 0 Å². The standard InChI is InChI=1S/C7H7BF3OS/c9-8(10,11)5-13-7-3-1-2-6(12)4-7/h1-4,12H,5H2/q-1. The number of phenols is 1. The lowest BCUT2D eigenvalue weighted by molar-refractivity contribution is 0.473. The van der Waals surface area contributed by atoms with Crippen LogP contribution in [0.1, 0.15) is 0 Å². The van der Waals surface area contributed by atoms with Crippen LogP contribution in [-0.4, -0.2) is 17.7 Å². The SMILES string of the molecule is Oc1cccc(SC[B-](F)(F)F)c1. The zero-order chi connectivity index (χ0) is 9.90. The normalized spacial score (nSPS) is 11.6. The summed E-state index contributed by atoms with van der Waals surface area (Å²) in [5.41, 5.74) is -0.872. The Labute approximate surface area is 78.0 Å². The van der Waals surface area contributed by atoms with Crippen molar-refractivity contribution in [2.75, 3.05) is 5.65 Å². The third-order valence-electron chi connectivity index (χ3n) is 1.26. The number of halogens is 3. The Bertz CT molecular complexity index is 289. The van der Waals surface area contributed by atoms with Gasteiger partial charge in [-0.2, -0.15) is 11.8 Å². The zero-order valence-corrected chi connectivity index (χ0v) is 7.40. The Balaban J connectivity index is 2.55. The van der Waals surface area contributed by atoms with Gasteiger partial charge in [0.2, 0.25) is 0 Å². The molecule has 0 aliphatic rings. The summed E-state index contributed by atoms with van der Waals surface area (Å²) in [5, 5.41) is 8.95. The van der Waals surface area contributed by atoms with Crippen LogP contribution in [0.4, 0.5) is 12.9 Å². The van der Waals surface area contributed by atoms with Gasteiger partial charge in [-0.15, -0.1) is 0 Å². The first-order chi connectivity index (χ1) is 5.97. The second-order valence-electron chi connectivity index (χ2n) is 2.52. The van der Waals surface area contributed by atoms with E-state index < -0.39 is 12.6 Å². The Morgan fingerprint density at radius 1 is 1.31 bits per heavy atom. The van der Waals surface area contributed by atoms with E-state index >= 15 is 0 Å². The van der Waals surface area contributed by atoms with Crippen LogP contribution in [0.25, 0.3) is 0 Å². The van der Waals surface area contributed by atoms with Gasteiger partial charge in [0.25, 0.3) is 0 Å². The molecule has 1 aromatic carbocycles. The molecule has 72 valence electrons. The van der Waals surface area contributed by atoms with Gasteiger partial charge >= 0.3 is 6.98 Å². The van der Waals surface area contributed by atoms with Gasteiger partial charge in [0.05, 0.1) is 0 Å². The van der Waals surface area contributed by atoms with Crippen LogP contribution in [-0.2, 0) is 0 Å². The first-order valence-electron chi connectivity index (χ1n) is 3.60. The molecule has 0 unspecified atom stereocenters. The fourth-order valence-corrected chi connectivity index (χ4v) is 1.52. The molecule has 0 aliphatic heterocycles. The molecular formula is C7H7BF3OS-. The topological polar surface area (TPSA) is 20.2 Å². The summed E-state index contributed by atoms with van der Waals surface area (Å²) < 4.78 is 35.5. The lowest BCUT2D eigenvalue weighted by atomic mass is 9.98. The molecule has 0 atom stereocenters. The highest BCUT2D eigenvalue weighted by atomic mass is 32.2. The summed E-state index contributed by atoms with van der Waals surface area (Å²) in [6.45, 7) is -4.76. The minimum Gasteiger partial charge on any atom is -0.508 e. The third-order valence-corrected chi connectivity index (χ3v) is 2.39. The van der Waals surface area contributed by atoms with E-state index in [2.05, 4.69) is 0 Å². The second-order valence-corrected chi connectivity index (χ2v) is 3.61. The van der Waals surface area contributed by atoms with Gasteiger partial charge in [-0.05, 0) is 23.9 Å². The molecule has 1 aromatic rings. The van der Waals surface area contributed by atoms with Crippen molar-refractivity contribution >= 4 is 18.7 Å². The monoisotopic (exact) mass is 207 g/mol. The van der Waals surface area contributed by atoms with Gasteiger partial charge in [-0.3, -0.25) is 0 Å². The molecule has 1 N–H and O–H groups in total. The van der Waals surface area contributed by atoms with Crippen LogP contribution < -0.4 is 0 Å². The van der Waals surface area contributed by atoms with E-state index in [9.17, 15) is 12.9 Å². The van der Waals surface area contributed by atoms with E-state index in [0.717, 1.165) is 0 Å². The molecule has 1 nitrogen and oxygen atoms in total. The first-order valence-corrected chi connectivity index (χ1v) is 4.59. The van der Waals surface area contributed by atoms with Crippen molar-refractivity contribution in [3.05, 3.63) is 24.3 Å². The predicted molar refractivity (Wildman–Crippen MR) is 47.9 cm³/mol. The van der Waals surface area contributed by atoms with E-state index in [1.54, 1.807) is 0 Å². The highest BCUT2D eigenvalue weighted by Gasteiger charge is 2.22. The van der Waals surface area contributed by atoms with Crippen molar-refractivity contribution < 1.29 is 18.1 Å². The van der Waals surface area contributed by atoms with E-state index in [4.69, 9.17) is 5.11 Å². The van der Waals surface area contributed by atoms with E-state index in [1.165, 1.54) is 24.3 Å². The van der Waals surface area contributed by atoms with Gasteiger partial charge in [0, 0.05) is 4.90 Å². The van der Waals surface area contributed by atoms with Crippen molar-refractivity contribution in [1.29, 1.82) is 0 Å². The Hall–Kier alpha value is -0.775. The largest absolute Gasteiger partial charge is 0.508 e. The number of phenolic OH excluding ortho intramolecular Hbond substituents is 1. The van der Waals surface area contributed by atoms with Crippen LogP contribution in [0.3, 0.4) is 0 Å². The lowest BCUT2D eigenvalue weighted by Crippen LogP contribution is -2.18. The van der Waals surface area contributed by atoms with Crippen molar-refractivity contribution in [1.82, 2.24) is 0 Å². The lowest BCUT2D eigenvalue weighted by Gasteiger charge is -2.12. The smallest absolute Gasteiger partial charge is 0.488 e. The molecule has 0 saturated carbocycles. The van der Waals surface area contributed by atoms with E-state index in [-0.39, 0.29) is 5.75 Å². The summed E-state index contributed by atoms with van der Waals surface area (Å²) in [7, 11) is 0. The van der Waals surface area contributed by atoms with Crippen LogP contribution in [0.15, 0.2) is 29.2 Å². The number of hydrogen-bond donors (Lipinski definition) is 1. The average Bonchev–Trinajstić information content (AvgIpc) is 2.00. The summed E-state index contributed by atoms with van der Waals surface area (Å²) >= 11 is 0.684. The molecule has 0 amide bonds.